The highest BCUT2D eigenvalue weighted by Crippen LogP contribution is 2.39. The van der Waals surface area contributed by atoms with Crippen LogP contribution in [0.3, 0.4) is 0 Å². The lowest BCUT2D eigenvalue weighted by Crippen LogP contribution is -2.18. The maximum atomic E-state index is 5.74. The first kappa shape index (κ1) is 14.1. The average molecular weight is 317 g/mol. The van der Waals surface area contributed by atoms with Crippen molar-refractivity contribution in [1.82, 2.24) is 25.1 Å². The van der Waals surface area contributed by atoms with Crippen molar-refractivity contribution in [2.75, 3.05) is 13.1 Å². The van der Waals surface area contributed by atoms with E-state index in [2.05, 4.69) is 25.1 Å². The Balaban J connectivity index is 1.45. The quantitative estimate of drug-likeness (QED) is 0.785. The number of likely N-dealkylation sites (tertiary alicyclic amines) is 1. The molecule has 2 aliphatic rings. The van der Waals surface area contributed by atoms with Gasteiger partial charge in [0.15, 0.2) is 0 Å². The third kappa shape index (κ3) is 3.30. The molecule has 2 fully saturated rings. The van der Waals surface area contributed by atoms with E-state index < -0.39 is 0 Å². The lowest BCUT2D eigenvalue weighted by Gasteiger charge is -2.10. The Labute approximate surface area is 133 Å². The Kier molecular flexibility index (Phi) is 3.83. The Morgan fingerprint density at radius 1 is 1.23 bits per heavy atom. The van der Waals surface area contributed by atoms with Crippen LogP contribution in [0.1, 0.15) is 49.0 Å². The summed E-state index contributed by atoms with van der Waals surface area (Å²) in [6.07, 6.45) is 4.93. The number of aryl methyl sites for hydroxylation is 1. The van der Waals surface area contributed by atoms with Crippen LogP contribution in [0.25, 0.3) is 0 Å². The van der Waals surface area contributed by atoms with Crippen LogP contribution in [0, 0.1) is 6.92 Å². The lowest BCUT2D eigenvalue weighted by atomic mass is 10.3. The molecule has 0 aromatic carbocycles. The maximum absolute atomic E-state index is 5.74. The molecular formula is C15H19N5OS. The zero-order valence-electron chi connectivity index (χ0n) is 12.7. The second kappa shape index (κ2) is 5.96. The molecule has 22 heavy (non-hydrogen) atoms. The Morgan fingerprint density at radius 3 is 2.82 bits per heavy atom. The average Bonchev–Trinajstić information content (AvgIpc) is 3.06. The van der Waals surface area contributed by atoms with Gasteiger partial charge in [0.2, 0.25) is 5.89 Å². The summed E-state index contributed by atoms with van der Waals surface area (Å²) in [4.78, 5) is 11.5. The van der Waals surface area contributed by atoms with Crippen LogP contribution in [0.5, 0.6) is 0 Å². The van der Waals surface area contributed by atoms with Crippen LogP contribution in [0.2, 0.25) is 0 Å². The van der Waals surface area contributed by atoms with E-state index in [-0.39, 0.29) is 0 Å². The zero-order chi connectivity index (χ0) is 14.9. The molecular weight excluding hydrogens is 298 g/mol. The molecule has 116 valence electrons. The summed E-state index contributed by atoms with van der Waals surface area (Å²) in [5, 5.41) is 9.74. The van der Waals surface area contributed by atoms with Gasteiger partial charge < -0.3 is 4.42 Å². The molecule has 0 bridgehead atoms. The summed E-state index contributed by atoms with van der Waals surface area (Å²) >= 11 is 1.43. The van der Waals surface area contributed by atoms with Crippen LogP contribution < -0.4 is 0 Å². The summed E-state index contributed by atoms with van der Waals surface area (Å²) in [6.45, 7) is 5.01. The van der Waals surface area contributed by atoms with Gasteiger partial charge in [-0.2, -0.15) is 0 Å². The first-order valence-corrected chi connectivity index (χ1v) is 8.66. The molecule has 0 unspecified atom stereocenters. The van der Waals surface area contributed by atoms with Crippen molar-refractivity contribution in [3.05, 3.63) is 23.5 Å². The van der Waals surface area contributed by atoms with E-state index >= 15 is 0 Å². The van der Waals surface area contributed by atoms with Gasteiger partial charge in [0.1, 0.15) is 10.9 Å². The van der Waals surface area contributed by atoms with Crippen LogP contribution in [0.4, 0.5) is 0 Å². The third-order valence-corrected chi connectivity index (χ3v) is 4.75. The molecule has 2 aromatic heterocycles. The van der Waals surface area contributed by atoms with Gasteiger partial charge in [0, 0.05) is 11.6 Å². The minimum absolute atomic E-state index is 0.549. The molecule has 1 saturated carbocycles. The second-order valence-corrected chi connectivity index (χ2v) is 7.00. The van der Waals surface area contributed by atoms with E-state index in [0.717, 1.165) is 36.2 Å². The number of rotatable bonds is 5. The fraction of sp³-hybridized carbons (Fsp3) is 0.600. The minimum atomic E-state index is 0.549. The summed E-state index contributed by atoms with van der Waals surface area (Å²) in [5.74, 6) is 2.20. The molecule has 6 nitrogen and oxygen atoms in total. The zero-order valence-corrected chi connectivity index (χ0v) is 13.5. The van der Waals surface area contributed by atoms with Gasteiger partial charge in [-0.3, -0.25) is 4.90 Å². The summed E-state index contributed by atoms with van der Waals surface area (Å²) in [6, 6.07) is 1.97. The fourth-order valence-corrected chi connectivity index (χ4v) is 3.47. The number of hydrogen-bond donors (Lipinski definition) is 0. The molecule has 2 aromatic rings. The molecule has 0 spiro atoms. The van der Waals surface area contributed by atoms with Crippen LogP contribution in [-0.4, -0.2) is 38.2 Å². The van der Waals surface area contributed by atoms with Gasteiger partial charge in [0.25, 0.3) is 5.22 Å². The highest BCUT2D eigenvalue weighted by atomic mass is 32.2. The van der Waals surface area contributed by atoms with E-state index in [0.29, 0.717) is 17.0 Å². The van der Waals surface area contributed by atoms with Gasteiger partial charge in [-0.1, -0.05) is 0 Å². The first-order chi connectivity index (χ1) is 10.8. The topological polar surface area (TPSA) is 67.9 Å². The fourth-order valence-electron chi connectivity index (χ4n) is 2.70. The predicted molar refractivity (Wildman–Crippen MR) is 81.7 cm³/mol. The largest absolute Gasteiger partial charge is 0.414 e. The second-order valence-electron chi connectivity index (χ2n) is 6.03. The molecule has 7 heteroatoms. The lowest BCUT2D eigenvalue weighted by molar-refractivity contribution is 0.278. The summed E-state index contributed by atoms with van der Waals surface area (Å²) in [5.41, 5.74) is 0.996. The Hall–Kier alpha value is -1.47. The van der Waals surface area contributed by atoms with Crippen molar-refractivity contribution < 1.29 is 4.42 Å². The minimum Gasteiger partial charge on any atom is -0.414 e. The number of aromatic nitrogens is 4. The first-order valence-electron chi connectivity index (χ1n) is 7.84. The Bertz CT molecular complexity index is 664. The Morgan fingerprint density at radius 2 is 2.05 bits per heavy atom. The van der Waals surface area contributed by atoms with Crippen molar-refractivity contribution >= 4 is 11.8 Å². The van der Waals surface area contributed by atoms with Gasteiger partial charge in [0.05, 0.1) is 6.54 Å². The molecule has 0 N–H and O–H groups in total. The van der Waals surface area contributed by atoms with Crippen LogP contribution in [-0.2, 0) is 6.54 Å². The van der Waals surface area contributed by atoms with E-state index in [1.165, 1.54) is 37.4 Å². The summed E-state index contributed by atoms with van der Waals surface area (Å²) < 4.78 is 5.74. The standard InChI is InChI=1S/C15H19N5OS/c1-10-8-13(17-14(16-10)11-4-5-11)22-15-19-18-12(21-15)9-20-6-2-3-7-20/h8,11H,2-7,9H2,1H3. The molecule has 4 rings (SSSR count). The smallest absolute Gasteiger partial charge is 0.282 e. The van der Waals surface area contributed by atoms with Crippen molar-refractivity contribution in [3.8, 4) is 0 Å². The van der Waals surface area contributed by atoms with Gasteiger partial charge in [-0.25, -0.2) is 9.97 Å². The van der Waals surface area contributed by atoms with Crippen molar-refractivity contribution in [1.29, 1.82) is 0 Å². The van der Waals surface area contributed by atoms with E-state index in [9.17, 15) is 0 Å². The normalized spacial score (nSPS) is 19.0. The molecule has 3 heterocycles. The number of nitrogens with zero attached hydrogens (tertiary/aromatic N) is 5. The molecule has 0 atom stereocenters. The third-order valence-electron chi connectivity index (χ3n) is 3.99. The van der Waals surface area contributed by atoms with Gasteiger partial charge in [-0.15, -0.1) is 10.2 Å². The van der Waals surface area contributed by atoms with Gasteiger partial charge in [-0.05, 0) is 63.5 Å². The van der Waals surface area contributed by atoms with Gasteiger partial charge >= 0.3 is 0 Å². The van der Waals surface area contributed by atoms with Crippen LogP contribution >= 0.6 is 11.8 Å². The molecule has 0 radical (unpaired) electrons. The maximum Gasteiger partial charge on any atom is 0.282 e. The highest BCUT2D eigenvalue weighted by molar-refractivity contribution is 7.99. The van der Waals surface area contributed by atoms with Crippen molar-refractivity contribution in [3.63, 3.8) is 0 Å². The van der Waals surface area contributed by atoms with Crippen molar-refractivity contribution in [2.24, 2.45) is 0 Å². The molecule has 1 aliphatic carbocycles. The van der Waals surface area contributed by atoms with E-state index in [1.807, 2.05) is 13.0 Å². The molecule has 0 amide bonds. The number of hydrogen-bond acceptors (Lipinski definition) is 7. The summed E-state index contributed by atoms with van der Waals surface area (Å²) in [7, 11) is 0. The van der Waals surface area contributed by atoms with Crippen LogP contribution in [0.15, 0.2) is 20.7 Å². The molecule has 1 saturated heterocycles. The monoisotopic (exact) mass is 317 g/mol. The SMILES string of the molecule is Cc1cc(Sc2nnc(CN3CCCC3)o2)nc(C2CC2)n1. The van der Waals surface area contributed by atoms with E-state index in [1.54, 1.807) is 0 Å². The predicted octanol–water partition coefficient (Wildman–Crippen LogP) is 2.79. The van der Waals surface area contributed by atoms with E-state index in [4.69, 9.17) is 4.42 Å². The molecule has 1 aliphatic heterocycles. The van der Waals surface area contributed by atoms with Crippen molar-refractivity contribution in [2.45, 2.75) is 55.3 Å². The highest BCUT2D eigenvalue weighted by Gasteiger charge is 2.27.